The first-order valence-electron chi connectivity index (χ1n) is 6.75. The highest BCUT2D eigenvalue weighted by Crippen LogP contribution is 2.18. The molecular formula is C15H24N2O3. The van der Waals surface area contributed by atoms with Crippen molar-refractivity contribution in [3.05, 3.63) is 35.4 Å². The molecule has 0 unspecified atom stereocenters. The van der Waals surface area contributed by atoms with E-state index in [2.05, 4.69) is 5.32 Å². The van der Waals surface area contributed by atoms with Crippen molar-refractivity contribution in [2.45, 2.75) is 13.0 Å². The number of amides is 1. The summed E-state index contributed by atoms with van der Waals surface area (Å²) in [6.07, 6.45) is 0. The van der Waals surface area contributed by atoms with Crippen molar-refractivity contribution in [2.24, 2.45) is 0 Å². The SMILES string of the molecule is Cc1ccc([C@H](C(=O)NCCOCCO)N(C)C)cc1. The number of ether oxygens (including phenoxy) is 1. The van der Waals surface area contributed by atoms with E-state index in [4.69, 9.17) is 9.84 Å². The number of rotatable bonds is 8. The second kappa shape index (κ2) is 8.68. The molecule has 2 N–H and O–H groups in total. The molecule has 112 valence electrons. The molecule has 0 aliphatic heterocycles. The fraction of sp³-hybridized carbons (Fsp3) is 0.533. The molecule has 0 radical (unpaired) electrons. The molecule has 1 atom stereocenters. The van der Waals surface area contributed by atoms with Gasteiger partial charge in [0.2, 0.25) is 5.91 Å². The summed E-state index contributed by atoms with van der Waals surface area (Å²) >= 11 is 0. The molecule has 5 nitrogen and oxygen atoms in total. The van der Waals surface area contributed by atoms with E-state index >= 15 is 0 Å². The van der Waals surface area contributed by atoms with Crippen LogP contribution in [0.25, 0.3) is 0 Å². The molecule has 1 aromatic rings. The lowest BCUT2D eigenvalue weighted by Crippen LogP contribution is -2.38. The molecule has 1 amide bonds. The van der Waals surface area contributed by atoms with Gasteiger partial charge in [0.25, 0.3) is 0 Å². The minimum atomic E-state index is -0.312. The Bertz CT molecular complexity index is 404. The summed E-state index contributed by atoms with van der Waals surface area (Å²) in [5.74, 6) is -0.0496. The van der Waals surface area contributed by atoms with Crippen LogP contribution in [0.3, 0.4) is 0 Å². The number of nitrogens with zero attached hydrogens (tertiary/aromatic N) is 1. The van der Waals surface area contributed by atoms with Crippen LogP contribution in [-0.4, -0.2) is 56.4 Å². The van der Waals surface area contributed by atoms with Gasteiger partial charge in [-0.3, -0.25) is 9.69 Å². The van der Waals surface area contributed by atoms with Gasteiger partial charge >= 0.3 is 0 Å². The number of carbonyl (C=O) groups excluding carboxylic acids is 1. The predicted molar refractivity (Wildman–Crippen MR) is 78.5 cm³/mol. The summed E-state index contributed by atoms with van der Waals surface area (Å²) < 4.78 is 5.12. The highest BCUT2D eigenvalue weighted by molar-refractivity contribution is 5.83. The van der Waals surface area contributed by atoms with E-state index in [-0.39, 0.29) is 18.6 Å². The zero-order valence-corrected chi connectivity index (χ0v) is 12.4. The highest BCUT2D eigenvalue weighted by atomic mass is 16.5. The molecule has 0 aliphatic rings. The number of nitrogens with one attached hydrogen (secondary N) is 1. The molecular weight excluding hydrogens is 256 g/mol. The number of hydrogen-bond donors (Lipinski definition) is 2. The lowest BCUT2D eigenvalue weighted by Gasteiger charge is -2.24. The second-order valence-electron chi connectivity index (χ2n) is 4.90. The maximum atomic E-state index is 12.2. The average molecular weight is 280 g/mol. The molecule has 0 aliphatic carbocycles. The first-order valence-corrected chi connectivity index (χ1v) is 6.75. The Balaban J connectivity index is 2.57. The third-order valence-corrected chi connectivity index (χ3v) is 2.94. The highest BCUT2D eigenvalue weighted by Gasteiger charge is 2.22. The standard InChI is InChI=1S/C15H24N2O3/c1-12-4-6-13(7-5-12)14(17(2)3)15(19)16-8-10-20-11-9-18/h4-7,14,18H,8-11H2,1-3H3,(H,16,19)/t14-/m1/s1. The zero-order chi connectivity index (χ0) is 15.0. The summed E-state index contributed by atoms with van der Waals surface area (Å²) in [4.78, 5) is 14.1. The number of carbonyl (C=O) groups is 1. The van der Waals surface area contributed by atoms with Crippen molar-refractivity contribution in [3.8, 4) is 0 Å². The van der Waals surface area contributed by atoms with Gasteiger partial charge in [0.05, 0.1) is 19.8 Å². The van der Waals surface area contributed by atoms with Crippen molar-refractivity contribution in [1.29, 1.82) is 0 Å². The Morgan fingerprint density at radius 2 is 1.95 bits per heavy atom. The van der Waals surface area contributed by atoms with Gasteiger partial charge in [-0.05, 0) is 26.6 Å². The minimum Gasteiger partial charge on any atom is -0.394 e. The van der Waals surface area contributed by atoms with Crippen LogP contribution in [-0.2, 0) is 9.53 Å². The van der Waals surface area contributed by atoms with Gasteiger partial charge < -0.3 is 15.2 Å². The van der Waals surface area contributed by atoms with E-state index in [1.807, 2.05) is 50.2 Å². The molecule has 5 heteroatoms. The molecule has 0 saturated heterocycles. The summed E-state index contributed by atoms with van der Waals surface area (Å²) in [6.45, 7) is 3.16. The topological polar surface area (TPSA) is 61.8 Å². The lowest BCUT2D eigenvalue weighted by atomic mass is 10.0. The minimum absolute atomic E-state index is 0.00235. The smallest absolute Gasteiger partial charge is 0.242 e. The third-order valence-electron chi connectivity index (χ3n) is 2.94. The van der Waals surface area contributed by atoms with Gasteiger partial charge in [0.15, 0.2) is 0 Å². The molecule has 0 saturated carbocycles. The van der Waals surface area contributed by atoms with Gasteiger partial charge in [-0.15, -0.1) is 0 Å². The van der Waals surface area contributed by atoms with Crippen LogP contribution in [0.2, 0.25) is 0 Å². The summed E-state index contributed by atoms with van der Waals surface area (Å²) in [6, 6.07) is 7.64. The van der Waals surface area contributed by atoms with Crippen LogP contribution in [0, 0.1) is 6.92 Å². The lowest BCUT2D eigenvalue weighted by molar-refractivity contribution is -0.126. The van der Waals surface area contributed by atoms with Crippen LogP contribution >= 0.6 is 0 Å². The molecule has 0 bridgehead atoms. The van der Waals surface area contributed by atoms with Crippen LogP contribution in [0.15, 0.2) is 24.3 Å². The maximum absolute atomic E-state index is 12.2. The van der Waals surface area contributed by atoms with Crippen molar-refractivity contribution < 1.29 is 14.6 Å². The maximum Gasteiger partial charge on any atom is 0.242 e. The third kappa shape index (κ3) is 5.28. The summed E-state index contributed by atoms with van der Waals surface area (Å²) in [7, 11) is 3.76. The van der Waals surface area contributed by atoms with Gasteiger partial charge in [-0.25, -0.2) is 0 Å². The van der Waals surface area contributed by atoms with E-state index in [9.17, 15) is 4.79 Å². The van der Waals surface area contributed by atoms with Crippen molar-refractivity contribution in [2.75, 3.05) is 40.5 Å². The Morgan fingerprint density at radius 3 is 2.50 bits per heavy atom. The normalized spacial score (nSPS) is 12.4. The zero-order valence-electron chi connectivity index (χ0n) is 12.4. The van der Waals surface area contributed by atoms with E-state index in [1.165, 1.54) is 5.56 Å². The monoisotopic (exact) mass is 280 g/mol. The van der Waals surface area contributed by atoms with E-state index < -0.39 is 0 Å². The van der Waals surface area contributed by atoms with E-state index in [0.717, 1.165) is 5.56 Å². The average Bonchev–Trinajstić information content (AvgIpc) is 2.40. The van der Waals surface area contributed by atoms with Gasteiger partial charge in [0, 0.05) is 6.54 Å². The van der Waals surface area contributed by atoms with Gasteiger partial charge in [0.1, 0.15) is 6.04 Å². The number of aliphatic hydroxyl groups is 1. The Hall–Kier alpha value is -1.43. The molecule has 20 heavy (non-hydrogen) atoms. The largest absolute Gasteiger partial charge is 0.394 e. The fourth-order valence-corrected chi connectivity index (χ4v) is 1.94. The molecule has 0 spiro atoms. The van der Waals surface area contributed by atoms with Gasteiger partial charge in [-0.2, -0.15) is 0 Å². The number of aliphatic hydroxyl groups excluding tert-OH is 1. The first-order chi connectivity index (χ1) is 9.56. The van der Waals surface area contributed by atoms with E-state index in [0.29, 0.717) is 19.8 Å². The second-order valence-corrected chi connectivity index (χ2v) is 4.90. The predicted octanol–water partition coefficient (Wildman–Crippen LogP) is 0.723. The molecule has 0 heterocycles. The number of likely N-dealkylation sites (N-methyl/N-ethyl adjacent to an activating group) is 1. The van der Waals surface area contributed by atoms with Crippen LogP contribution < -0.4 is 5.32 Å². The number of benzene rings is 1. The van der Waals surface area contributed by atoms with Crippen LogP contribution in [0.4, 0.5) is 0 Å². The Labute approximate surface area is 120 Å². The number of hydrogen-bond acceptors (Lipinski definition) is 4. The van der Waals surface area contributed by atoms with Crippen molar-refractivity contribution >= 4 is 5.91 Å². The summed E-state index contributed by atoms with van der Waals surface area (Å²) in [5, 5.41) is 11.4. The number of aryl methyl sites for hydroxylation is 1. The first kappa shape index (κ1) is 16.6. The van der Waals surface area contributed by atoms with Crippen molar-refractivity contribution in [3.63, 3.8) is 0 Å². The van der Waals surface area contributed by atoms with Gasteiger partial charge in [-0.1, -0.05) is 29.8 Å². The molecule has 0 fully saturated rings. The fourth-order valence-electron chi connectivity index (χ4n) is 1.94. The van der Waals surface area contributed by atoms with Crippen LogP contribution in [0.5, 0.6) is 0 Å². The molecule has 1 rings (SSSR count). The Morgan fingerprint density at radius 1 is 1.30 bits per heavy atom. The molecule has 1 aromatic carbocycles. The van der Waals surface area contributed by atoms with Crippen molar-refractivity contribution in [1.82, 2.24) is 10.2 Å². The van der Waals surface area contributed by atoms with E-state index in [1.54, 1.807) is 0 Å². The summed E-state index contributed by atoms with van der Waals surface area (Å²) in [5.41, 5.74) is 2.14. The van der Waals surface area contributed by atoms with Crippen LogP contribution in [0.1, 0.15) is 17.2 Å². The quantitative estimate of drug-likeness (QED) is 0.689. The Kier molecular flexibility index (Phi) is 7.22. The molecule has 0 aromatic heterocycles.